The number of nitrogens with zero attached hydrogens (tertiary/aromatic N) is 3. The van der Waals surface area contributed by atoms with E-state index in [1.165, 1.54) is 6.20 Å². The predicted octanol–water partition coefficient (Wildman–Crippen LogP) is 1.58. The van der Waals surface area contributed by atoms with Crippen LogP contribution in [0.2, 0.25) is 0 Å². The molecule has 90 valence electrons. The minimum absolute atomic E-state index is 0.109. The standard InChI is InChI=1S/C10H11BrN4O2/c11-10-13-8-6(9(16)14-10)5-12-15(8)7-3-1-2-4-17-7/h5,7H,1-4H2,(H,13,14,16). The van der Waals surface area contributed by atoms with Gasteiger partial charge in [0.05, 0.1) is 6.20 Å². The summed E-state index contributed by atoms with van der Waals surface area (Å²) in [5.41, 5.74) is 0.372. The van der Waals surface area contributed by atoms with Crippen molar-refractivity contribution >= 4 is 27.0 Å². The van der Waals surface area contributed by atoms with E-state index in [1.54, 1.807) is 4.68 Å². The molecule has 3 rings (SSSR count). The van der Waals surface area contributed by atoms with Crippen LogP contribution in [0.25, 0.3) is 11.0 Å². The lowest BCUT2D eigenvalue weighted by Gasteiger charge is -2.22. The van der Waals surface area contributed by atoms with Gasteiger partial charge in [-0.1, -0.05) is 0 Å². The number of nitrogens with one attached hydrogen (secondary N) is 1. The number of aromatic amines is 1. The Morgan fingerprint density at radius 2 is 2.41 bits per heavy atom. The van der Waals surface area contributed by atoms with Gasteiger partial charge in [0.2, 0.25) is 0 Å². The first-order valence-corrected chi connectivity index (χ1v) is 6.29. The lowest BCUT2D eigenvalue weighted by atomic mass is 10.2. The third-order valence-corrected chi connectivity index (χ3v) is 3.24. The molecule has 0 radical (unpaired) electrons. The quantitative estimate of drug-likeness (QED) is 0.811. The van der Waals surface area contributed by atoms with Crippen molar-refractivity contribution in [2.75, 3.05) is 6.61 Å². The van der Waals surface area contributed by atoms with Gasteiger partial charge in [-0.15, -0.1) is 0 Å². The fourth-order valence-corrected chi connectivity index (χ4v) is 2.38. The molecule has 0 amide bonds. The molecule has 7 heteroatoms. The number of hydrogen-bond donors (Lipinski definition) is 1. The van der Waals surface area contributed by atoms with E-state index in [0.717, 1.165) is 25.9 Å². The van der Waals surface area contributed by atoms with Crippen LogP contribution in [0.1, 0.15) is 25.5 Å². The van der Waals surface area contributed by atoms with Crippen molar-refractivity contribution in [3.8, 4) is 0 Å². The van der Waals surface area contributed by atoms with Crippen LogP contribution in [0.4, 0.5) is 0 Å². The normalized spacial score (nSPS) is 20.9. The molecule has 3 heterocycles. The van der Waals surface area contributed by atoms with Gasteiger partial charge in [-0.25, -0.2) is 9.67 Å². The second-order valence-corrected chi connectivity index (χ2v) is 4.76. The second kappa shape index (κ2) is 4.23. The van der Waals surface area contributed by atoms with Crippen LogP contribution in [0.5, 0.6) is 0 Å². The first kappa shape index (κ1) is 10.9. The molecule has 2 aromatic rings. The average molecular weight is 299 g/mol. The zero-order valence-electron chi connectivity index (χ0n) is 9.02. The zero-order chi connectivity index (χ0) is 11.8. The summed E-state index contributed by atoms with van der Waals surface area (Å²) in [6, 6.07) is 0. The number of fused-ring (bicyclic) bond motifs is 1. The van der Waals surface area contributed by atoms with Gasteiger partial charge in [0.1, 0.15) is 5.39 Å². The van der Waals surface area contributed by atoms with Crippen LogP contribution < -0.4 is 5.56 Å². The highest BCUT2D eigenvalue weighted by Crippen LogP contribution is 2.24. The Bertz CT molecular complexity index is 600. The van der Waals surface area contributed by atoms with Gasteiger partial charge in [-0.2, -0.15) is 5.10 Å². The fourth-order valence-electron chi connectivity index (χ4n) is 2.04. The zero-order valence-corrected chi connectivity index (χ0v) is 10.6. The average Bonchev–Trinajstić information content (AvgIpc) is 2.74. The van der Waals surface area contributed by atoms with Gasteiger partial charge in [0, 0.05) is 6.61 Å². The summed E-state index contributed by atoms with van der Waals surface area (Å²) in [7, 11) is 0. The molecule has 2 aromatic heterocycles. The van der Waals surface area contributed by atoms with Crippen molar-refractivity contribution in [2.45, 2.75) is 25.5 Å². The molecule has 0 aromatic carbocycles. The van der Waals surface area contributed by atoms with Gasteiger partial charge >= 0.3 is 0 Å². The van der Waals surface area contributed by atoms with E-state index in [4.69, 9.17) is 4.74 Å². The highest BCUT2D eigenvalue weighted by molar-refractivity contribution is 9.10. The lowest BCUT2D eigenvalue weighted by Crippen LogP contribution is -2.20. The summed E-state index contributed by atoms with van der Waals surface area (Å²) in [5.74, 6) is 0. The van der Waals surface area contributed by atoms with E-state index in [2.05, 4.69) is 31.0 Å². The first-order chi connectivity index (χ1) is 8.25. The Hall–Kier alpha value is -1.21. The van der Waals surface area contributed by atoms with Gasteiger partial charge in [0.15, 0.2) is 16.6 Å². The number of rotatable bonds is 1. The fraction of sp³-hybridized carbons (Fsp3) is 0.500. The summed E-state index contributed by atoms with van der Waals surface area (Å²) in [5, 5.41) is 4.70. The predicted molar refractivity (Wildman–Crippen MR) is 64.7 cm³/mol. The summed E-state index contributed by atoms with van der Waals surface area (Å²) in [6.07, 6.45) is 4.51. The molecule has 0 saturated carbocycles. The molecule has 17 heavy (non-hydrogen) atoms. The maximum atomic E-state index is 11.7. The number of aromatic nitrogens is 4. The third-order valence-electron chi connectivity index (χ3n) is 2.86. The molecule has 1 aliphatic heterocycles. The van der Waals surface area contributed by atoms with E-state index in [0.29, 0.717) is 15.8 Å². The molecule has 1 atom stereocenters. The lowest BCUT2D eigenvalue weighted by molar-refractivity contribution is -0.0370. The Balaban J connectivity index is 2.13. The van der Waals surface area contributed by atoms with Crippen molar-refractivity contribution < 1.29 is 4.74 Å². The molecule has 1 N–H and O–H groups in total. The van der Waals surface area contributed by atoms with E-state index in [9.17, 15) is 4.79 Å². The molecule has 1 fully saturated rings. The highest BCUT2D eigenvalue weighted by atomic mass is 79.9. The Morgan fingerprint density at radius 3 is 3.18 bits per heavy atom. The van der Waals surface area contributed by atoms with E-state index >= 15 is 0 Å². The van der Waals surface area contributed by atoms with Crippen LogP contribution in [0, 0.1) is 0 Å². The molecule has 1 unspecified atom stereocenters. The molecule has 1 saturated heterocycles. The van der Waals surface area contributed by atoms with Crippen molar-refractivity contribution in [1.82, 2.24) is 19.7 Å². The van der Waals surface area contributed by atoms with Gasteiger partial charge in [-0.05, 0) is 35.2 Å². The van der Waals surface area contributed by atoms with Crippen LogP contribution >= 0.6 is 15.9 Å². The van der Waals surface area contributed by atoms with Crippen molar-refractivity contribution in [1.29, 1.82) is 0 Å². The van der Waals surface area contributed by atoms with Gasteiger partial charge in [0.25, 0.3) is 5.56 Å². The van der Waals surface area contributed by atoms with E-state index in [-0.39, 0.29) is 11.8 Å². The van der Waals surface area contributed by atoms with Gasteiger partial charge < -0.3 is 9.72 Å². The Labute approximate surface area is 105 Å². The molecular formula is C10H11BrN4O2. The smallest absolute Gasteiger partial charge is 0.262 e. The monoisotopic (exact) mass is 298 g/mol. The number of halogens is 1. The Kier molecular flexibility index (Phi) is 2.71. The molecule has 0 aliphatic carbocycles. The largest absolute Gasteiger partial charge is 0.356 e. The number of H-pyrrole nitrogens is 1. The molecule has 1 aliphatic rings. The summed E-state index contributed by atoms with van der Waals surface area (Å²) >= 11 is 3.18. The molecule has 6 nitrogen and oxygen atoms in total. The van der Waals surface area contributed by atoms with Crippen LogP contribution in [0.3, 0.4) is 0 Å². The topological polar surface area (TPSA) is 72.8 Å². The van der Waals surface area contributed by atoms with E-state index < -0.39 is 0 Å². The van der Waals surface area contributed by atoms with Crippen molar-refractivity contribution in [2.24, 2.45) is 0 Å². The summed E-state index contributed by atoms with van der Waals surface area (Å²) < 4.78 is 7.74. The maximum absolute atomic E-state index is 11.7. The second-order valence-electron chi connectivity index (χ2n) is 4.00. The summed E-state index contributed by atoms with van der Waals surface area (Å²) in [6.45, 7) is 0.733. The van der Waals surface area contributed by atoms with Crippen molar-refractivity contribution in [3.05, 3.63) is 21.3 Å². The van der Waals surface area contributed by atoms with Gasteiger partial charge in [-0.3, -0.25) is 4.79 Å². The van der Waals surface area contributed by atoms with E-state index in [1.807, 2.05) is 0 Å². The number of hydrogen-bond acceptors (Lipinski definition) is 4. The highest BCUT2D eigenvalue weighted by Gasteiger charge is 2.20. The van der Waals surface area contributed by atoms with Crippen LogP contribution in [0.15, 0.2) is 15.7 Å². The SMILES string of the molecule is O=c1[nH]c(Br)nc2c1cnn2C1CCCCO1. The first-order valence-electron chi connectivity index (χ1n) is 5.50. The van der Waals surface area contributed by atoms with Crippen LogP contribution in [-0.4, -0.2) is 26.4 Å². The van der Waals surface area contributed by atoms with Crippen LogP contribution in [-0.2, 0) is 4.74 Å². The Morgan fingerprint density at radius 1 is 1.53 bits per heavy atom. The number of ether oxygens (including phenoxy) is 1. The minimum atomic E-state index is -0.191. The minimum Gasteiger partial charge on any atom is -0.356 e. The third kappa shape index (κ3) is 1.89. The molecule has 0 bridgehead atoms. The molecule has 0 spiro atoms. The summed E-state index contributed by atoms with van der Waals surface area (Å²) in [4.78, 5) is 18.5. The molecular weight excluding hydrogens is 288 g/mol. The van der Waals surface area contributed by atoms with Crippen molar-refractivity contribution in [3.63, 3.8) is 0 Å². The maximum Gasteiger partial charge on any atom is 0.262 e.